The highest BCUT2D eigenvalue weighted by molar-refractivity contribution is 7.99. The summed E-state index contributed by atoms with van der Waals surface area (Å²) in [5, 5.41) is 4.07. The maximum absolute atomic E-state index is 13.4. The molecule has 35 heavy (non-hydrogen) atoms. The summed E-state index contributed by atoms with van der Waals surface area (Å²) in [7, 11) is 0. The lowest BCUT2D eigenvalue weighted by Gasteiger charge is -2.31. The number of amides is 2. The summed E-state index contributed by atoms with van der Waals surface area (Å²) in [5.74, 6) is 0.00695. The zero-order valence-electron chi connectivity index (χ0n) is 20.2. The fourth-order valence-corrected chi connectivity index (χ4v) is 5.12. The normalized spacial score (nSPS) is 14.2. The van der Waals surface area contributed by atoms with Crippen LogP contribution in [0, 0.1) is 13.8 Å². The van der Waals surface area contributed by atoms with Crippen LogP contribution >= 0.6 is 11.8 Å². The SMILES string of the molecule is CCOC(=O)N1CCC(NC(=O)CSc2nc3ccccc3c(=O)n2-c2ccc(C)cc2C)CC1. The Morgan fingerprint density at radius 1 is 1.14 bits per heavy atom. The van der Waals surface area contributed by atoms with Gasteiger partial charge in [-0.3, -0.25) is 14.2 Å². The zero-order valence-corrected chi connectivity index (χ0v) is 21.1. The first-order valence-electron chi connectivity index (χ1n) is 11.8. The molecule has 1 aliphatic heterocycles. The number of ether oxygens (including phenoxy) is 1. The Morgan fingerprint density at radius 2 is 1.89 bits per heavy atom. The molecule has 2 heterocycles. The number of aryl methyl sites for hydroxylation is 2. The molecule has 1 fully saturated rings. The predicted molar refractivity (Wildman–Crippen MR) is 137 cm³/mol. The molecule has 0 saturated carbocycles. The molecule has 1 aliphatic rings. The van der Waals surface area contributed by atoms with Crippen LogP contribution in [0.2, 0.25) is 0 Å². The van der Waals surface area contributed by atoms with Crippen molar-refractivity contribution in [1.82, 2.24) is 19.8 Å². The van der Waals surface area contributed by atoms with Crippen LogP contribution in [-0.2, 0) is 9.53 Å². The van der Waals surface area contributed by atoms with Crippen LogP contribution in [0.3, 0.4) is 0 Å². The molecule has 184 valence electrons. The molecule has 3 aromatic rings. The number of nitrogens with one attached hydrogen (secondary N) is 1. The van der Waals surface area contributed by atoms with Crippen LogP contribution < -0.4 is 10.9 Å². The standard InChI is InChI=1S/C26H30N4O4S/c1-4-34-26(33)29-13-11-19(12-14-29)27-23(31)16-35-25-28-21-8-6-5-7-20(21)24(32)30(25)22-10-9-17(2)15-18(22)3/h5-10,15,19H,4,11-14,16H2,1-3H3,(H,27,31). The van der Waals surface area contributed by atoms with Crippen LogP contribution in [0.4, 0.5) is 4.79 Å². The maximum atomic E-state index is 13.4. The number of nitrogens with zero attached hydrogens (tertiary/aromatic N) is 3. The van der Waals surface area contributed by atoms with Gasteiger partial charge in [-0.05, 0) is 57.4 Å². The van der Waals surface area contributed by atoms with Gasteiger partial charge in [-0.1, -0.05) is 41.6 Å². The second kappa shape index (κ2) is 10.9. The van der Waals surface area contributed by atoms with Crippen molar-refractivity contribution >= 4 is 34.7 Å². The van der Waals surface area contributed by atoms with E-state index < -0.39 is 0 Å². The van der Waals surface area contributed by atoms with E-state index in [1.807, 2.05) is 50.2 Å². The number of hydrogen-bond acceptors (Lipinski definition) is 6. The van der Waals surface area contributed by atoms with Gasteiger partial charge in [-0.15, -0.1) is 0 Å². The van der Waals surface area contributed by atoms with Gasteiger partial charge in [-0.2, -0.15) is 0 Å². The summed E-state index contributed by atoms with van der Waals surface area (Å²) in [6, 6.07) is 13.2. The van der Waals surface area contributed by atoms with Crippen molar-refractivity contribution in [3.63, 3.8) is 0 Å². The van der Waals surface area contributed by atoms with Crippen LogP contribution in [0.25, 0.3) is 16.6 Å². The minimum atomic E-state index is -0.306. The number of rotatable bonds is 6. The number of thioether (sulfide) groups is 1. The van der Waals surface area contributed by atoms with Crippen molar-refractivity contribution in [1.29, 1.82) is 0 Å². The second-order valence-electron chi connectivity index (χ2n) is 8.66. The van der Waals surface area contributed by atoms with E-state index in [0.717, 1.165) is 16.8 Å². The highest BCUT2D eigenvalue weighted by atomic mass is 32.2. The van der Waals surface area contributed by atoms with E-state index in [0.29, 0.717) is 48.6 Å². The predicted octanol–water partition coefficient (Wildman–Crippen LogP) is 3.83. The van der Waals surface area contributed by atoms with Crippen LogP contribution in [0.1, 0.15) is 30.9 Å². The van der Waals surface area contributed by atoms with Gasteiger partial charge in [0.05, 0.1) is 29.0 Å². The average Bonchev–Trinajstić information content (AvgIpc) is 2.84. The number of para-hydroxylation sites is 1. The van der Waals surface area contributed by atoms with Gasteiger partial charge >= 0.3 is 6.09 Å². The van der Waals surface area contributed by atoms with Gasteiger partial charge in [0.1, 0.15) is 0 Å². The molecule has 0 atom stereocenters. The quantitative estimate of drug-likeness (QED) is 0.414. The minimum absolute atomic E-state index is 0.000116. The fourth-order valence-electron chi connectivity index (χ4n) is 4.30. The van der Waals surface area contributed by atoms with Gasteiger partial charge in [-0.25, -0.2) is 9.78 Å². The molecule has 0 unspecified atom stereocenters. The van der Waals surface area contributed by atoms with Gasteiger partial charge in [0.2, 0.25) is 5.91 Å². The number of aromatic nitrogens is 2. The highest BCUT2D eigenvalue weighted by Gasteiger charge is 2.25. The Labute approximate surface area is 208 Å². The molecule has 0 bridgehead atoms. The van der Waals surface area contributed by atoms with Crippen molar-refractivity contribution in [2.75, 3.05) is 25.4 Å². The molecule has 2 aromatic carbocycles. The summed E-state index contributed by atoms with van der Waals surface area (Å²) in [6.07, 6.45) is 1.05. The number of carbonyl (C=O) groups is 2. The van der Waals surface area contributed by atoms with Crippen molar-refractivity contribution in [3.8, 4) is 5.69 Å². The summed E-state index contributed by atoms with van der Waals surface area (Å²) >= 11 is 1.25. The first-order chi connectivity index (χ1) is 16.9. The first kappa shape index (κ1) is 24.8. The third kappa shape index (κ3) is 5.67. The molecule has 0 aliphatic carbocycles. The summed E-state index contributed by atoms with van der Waals surface area (Å²) in [6.45, 7) is 7.21. The molecule has 1 saturated heterocycles. The number of piperidine rings is 1. The highest BCUT2D eigenvalue weighted by Crippen LogP contribution is 2.24. The lowest BCUT2D eigenvalue weighted by atomic mass is 10.1. The second-order valence-corrected chi connectivity index (χ2v) is 9.60. The number of benzene rings is 2. The number of hydrogen-bond donors (Lipinski definition) is 1. The van der Waals surface area contributed by atoms with Gasteiger partial charge in [0.25, 0.3) is 5.56 Å². The molecular formula is C26H30N4O4S. The van der Waals surface area contributed by atoms with Crippen molar-refractivity contribution in [2.45, 2.75) is 44.8 Å². The van der Waals surface area contributed by atoms with Crippen molar-refractivity contribution < 1.29 is 14.3 Å². The Morgan fingerprint density at radius 3 is 2.60 bits per heavy atom. The Kier molecular flexibility index (Phi) is 7.75. The number of likely N-dealkylation sites (tertiary alicyclic amines) is 1. The topological polar surface area (TPSA) is 93.5 Å². The van der Waals surface area contributed by atoms with Crippen LogP contribution in [0.15, 0.2) is 52.4 Å². The molecule has 1 N–H and O–H groups in total. The zero-order chi connectivity index (χ0) is 24.9. The van der Waals surface area contributed by atoms with E-state index >= 15 is 0 Å². The Hall–Kier alpha value is -3.33. The Bertz CT molecular complexity index is 1300. The molecule has 4 rings (SSSR count). The van der Waals surface area contributed by atoms with E-state index in [-0.39, 0.29) is 29.4 Å². The van der Waals surface area contributed by atoms with Gasteiger partial charge in [0.15, 0.2) is 5.16 Å². The third-order valence-electron chi connectivity index (χ3n) is 6.06. The summed E-state index contributed by atoms with van der Waals surface area (Å²) in [4.78, 5) is 44.5. The summed E-state index contributed by atoms with van der Waals surface area (Å²) in [5.41, 5.74) is 3.28. The van der Waals surface area contributed by atoms with E-state index in [2.05, 4.69) is 5.32 Å². The van der Waals surface area contributed by atoms with Crippen molar-refractivity contribution in [3.05, 3.63) is 63.9 Å². The van der Waals surface area contributed by atoms with E-state index in [1.165, 1.54) is 11.8 Å². The third-order valence-corrected chi connectivity index (χ3v) is 7.00. The molecule has 9 heteroatoms. The average molecular weight is 495 g/mol. The first-order valence-corrected chi connectivity index (χ1v) is 12.8. The molecular weight excluding hydrogens is 464 g/mol. The number of fused-ring (bicyclic) bond motifs is 1. The fraction of sp³-hybridized carbons (Fsp3) is 0.385. The lowest BCUT2D eigenvalue weighted by Crippen LogP contribution is -2.47. The van der Waals surface area contributed by atoms with Crippen LogP contribution in [0.5, 0.6) is 0 Å². The van der Waals surface area contributed by atoms with Gasteiger partial charge < -0.3 is 15.0 Å². The van der Waals surface area contributed by atoms with Crippen LogP contribution in [-0.4, -0.2) is 57.9 Å². The van der Waals surface area contributed by atoms with E-state index in [9.17, 15) is 14.4 Å². The van der Waals surface area contributed by atoms with Crippen molar-refractivity contribution in [2.24, 2.45) is 0 Å². The number of carbonyl (C=O) groups excluding carboxylic acids is 2. The molecule has 2 amide bonds. The minimum Gasteiger partial charge on any atom is -0.450 e. The molecule has 0 spiro atoms. The van der Waals surface area contributed by atoms with E-state index in [1.54, 1.807) is 22.5 Å². The molecule has 1 aromatic heterocycles. The molecule has 0 radical (unpaired) electrons. The van der Waals surface area contributed by atoms with Gasteiger partial charge in [0, 0.05) is 19.1 Å². The summed E-state index contributed by atoms with van der Waals surface area (Å²) < 4.78 is 6.65. The Balaban J connectivity index is 1.50. The lowest BCUT2D eigenvalue weighted by molar-refractivity contribution is -0.119. The molecule has 8 nitrogen and oxygen atoms in total. The van der Waals surface area contributed by atoms with E-state index in [4.69, 9.17) is 9.72 Å². The monoisotopic (exact) mass is 494 g/mol. The maximum Gasteiger partial charge on any atom is 0.409 e. The smallest absolute Gasteiger partial charge is 0.409 e. The largest absolute Gasteiger partial charge is 0.450 e.